The molecule has 1 aliphatic heterocycles. The van der Waals surface area contributed by atoms with Gasteiger partial charge in [-0.2, -0.15) is 13.1 Å². The Balaban J connectivity index is 1.84. The highest BCUT2D eigenvalue weighted by molar-refractivity contribution is 7.89. The fraction of sp³-hybridized carbons (Fsp3) is 0.444. The molecule has 1 aromatic heterocycles. The number of nitrogens with zero attached hydrogens (tertiary/aromatic N) is 4. The summed E-state index contributed by atoms with van der Waals surface area (Å²) in [6, 6.07) is 4.01. The van der Waals surface area contributed by atoms with Gasteiger partial charge in [-0.15, -0.1) is 0 Å². The third-order valence-corrected chi connectivity index (χ3v) is 7.18. The second kappa shape index (κ2) is 8.76. The molecule has 0 aliphatic carbocycles. The fourth-order valence-corrected chi connectivity index (χ4v) is 5.24. The normalized spacial score (nSPS) is 15.6. The van der Waals surface area contributed by atoms with Crippen molar-refractivity contribution in [3.63, 3.8) is 0 Å². The second-order valence-corrected chi connectivity index (χ2v) is 9.11. The molecule has 0 unspecified atom stereocenters. The summed E-state index contributed by atoms with van der Waals surface area (Å²) in [6.45, 7) is -2.11. The first-order valence-corrected chi connectivity index (χ1v) is 10.9. The van der Waals surface area contributed by atoms with E-state index in [1.807, 2.05) is 0 Å². The van der Waals surface area contributed by atoms with Crippen LogP contribution in [0.4, 0.5) is 8.78 Å². The van der Waals surface area contributed by atoms with Crippen molar-refractivity contribution in [2.45, 2.75) is 37.3 Å². The lowest BCUT2D eigenvalue weighted by Gasteiger charge is -2.26. The molecule has 2 heterocycles. The smallest absolute Gasteiger partial charge is 0.319 e. The predicted octanol–water partition coefficient (Wildman–Crippen LogP) is 3.38. The highest BCUT2D eigenvalue weighted by Crippen LogP contribution is 2.28. The summed E-state index contributed by atoms with van der Waals surface area (Å²) in [5.74, 6) is -0.508. The Kier molecular flexibility index (Phi) is 6.55. The fourth-order valence-electron chi connectivity index (χ4n) is 3.23. The summed E-state index contributed by atoms with van der Waals surface area (Å²) in [5, 5.41) is 0.0306. The van der Waals surface area contributed by atoms with E-state index >= 15 is 0 Å². The van der Waals surface area contributed by atoms with E-state index in [1.165, 1.54) is 40.6 Å². The van der Waals surface area contributed by atoms with E-state index in [0.717, 1.165) is 25.5 Å². The van der Waals surface area contributed by atoms with E-state index in [9.17, 15) is 22.0 Å². The van der Waals surface area contributed by atoms with Crippen LogP contribution in [0.25, 0.3) is 0 Å². The molecule has 1 fully saturated rings. The summed E-state index contributed by atoms with van der Waals surface area (Å²) < 4.78 is 53.9. The summed E-state index contributed by atoms with van der Waals surface area (Å²) in [4.78, 5) is 17.7. The molecule has 1 amide bonds. The number of hydrogen-bond donors (Lipinski definition) is 0. The standard InChI is InChI=1S/C18H21ClF2N4O3S/c1-23(12-16-22-7-10-25(16)18(20)21)17(26)13-5-6-14(19)15(11-13)29(27,28)24-8-3-2-4-9-24/h5-7,10-11,18H,2-4,8-9,12H2,1H3. The Morgan fingerprint density at radius 3 is 2.62 bits per heavy atom. The number of carbonyl (C=O) groups excluding carboxylic acids is 1. The molecule has 0 saturated carbocycles. The maximum atomic E-state index is 13.0. The van der Waals surface area contributed by atoms with E-state index < -0.39 is 22.5 Å². The van der Waals surface area contributed by atoms with Crippen LogP contribution in [0.1, 0.15) is 42.0 Å². The van der Waals surface area contributed by atoms with Crippen molar-refractivity contribution in [3.05, 3.63) is 47.0 Å². The highest BCUT2D eigenvalue weighted by atomic mass is 35.5. The number of carbonyl (C=O) groups is 1. The average Bonchev–Trinajstić information content (AvgIpc) is 3.16. The zero-order valence-corrected chi connectivity index (χ0v) is 17.3. The van der Waals surface area contributed by atoms with Crippen molar-refractivity contribution in [3.8, 4) is 0 Å². The SMILES string of the molecule is CN(Cc1nccn1C(F)F)C(=O)c1ccc(Cl)c(S(=O)(=O)N2CCCCC2)c1. The molecule has 0 spiro atoms. The number of hydrogen-bond acceptors (Lipinski definition) is 4. The maximum absolute atomic E-state index is 13.0. The monoisotopic (exact) mass is 446 g/mol. The Bertz CT molecular complexity index is 991. The molecule has 11 heteroatoms. The molecule has 0 radical (unpaired) electrons. The average molecular weight is 447 g/mol. The van der Waals surface area contributed by atoms with Gasteiger partial charge in [-0.3, -0.25) is 9.36 Å². The van der Waals surface area contributed by atoms with Gasteiger partial charge < -0.3 is 4.90 Å². The first-order valence-electron chi connectivity index (χ1n) is 9.07. The predicted molar refractivity (Wildman–Crippen MR) is 103 cm³/mol. The number of rotatable bonds is 6. The van der Waals surface area contributed by atoms with Gasteiger partial charge in [0.15, 0.2) is 0 Å². The number of alkyl halides is 2. The van der Waals surface area contributed by atoms with Crippen molar-refractivity contribution >= 4 is 27.5 Å². The van der Waals surface area contributed by atoms with Gasteiger partial charge in [0.25, 0.3) is 5.91 Å². The van der Waals surface area contributed by atoms with Gasteiger partial charge in [-0.25, -0.2) is 13.4 Å². The number of amides is 1. The third-order valence-electron chi connectivity index (χ3n) is 4.80. The third kappa shape index (κ3) is 4.59. The zero-order chi connectivity index (χ0) is 21.2. The van der Waals surface area contributed by atoms with E-state index in [2.05, 4.69) is 4.98 Å². The van der Waals surface area contributed by atoms with Crippen molar-refractivity contribution < 1.29 is 22.0 Å². The molecule has 1 aromatic carbocycles. The van der Waals surface area contributed by atoms with E-state index in [1.54, 1.807) is 0 Å². The van der Waals surface area contributed by atoms with Crippen LogP contribution in [-0.4, -0.2) is 53.2 Å². The maximum Gasteiger partial charge on any atom is 0.319 e. The lowest BCUT2D eigenvalue weighted by atomic mass is 10.2. The summed E-state index contributed by atoms with van der Waals surface area (Å²) in [7, 11) is -2.40. The number of piperidine rings is 1. The van der Waals surface area contributed by atoms with Crippen molar-refractivity contribution in [2.75, 3.05) is 20.1 Å². The lowest BCUT2D eigenvalue weighted by molar-refractivity contribution is 0.0612. The molecule has 29 heavy (non-hydrogen) atoms. The largest absolute Gasteiger partial charge is 0.334 e. The highest BCUT2D eigenvalue weighted by Gasteiger charge is 2.29. The number of aromatic nitrogens is 2. The first-order chi connectivity index (χ1) is 13.7. The molecule has 1 saturated heterocycles. The quantitative estimate of drug-likeness (QED) is 0.681. The van der Waals surface area contributed by atoms with Crippen LogP contribution in [-0.2, 0) is 16.6 Å². The van der Waals surface area contributed by atoms with E-state index in [0.29, 0.717) is 17.7 Å². The van der Waals surface area contributed by atoms with Gasteiger partial charge in [0.2, 0.25) is 10.0 Å². The van der Waals surface area contributed by atoms with Crippen LogP contribution in [0.2, 0.25) is 5.02 Å². The molecular weight excluding hydrogens is 426 g/mol. The van der Waals surface area contributed by atoms with E-state index in [4.69, 9.17) is 11.6 Å². The Labute approximate surface area is 172 Å². The molecule has 2 aromatic rings. The van der Waals surface area contributed by atoms with Gasteiger partial charge in [0.05, 0.1) is 11.6 Å². The number of sulfonamides is 1. The van der Waals surface area contributed by atoms with Crippen LogP contribution in [0, 0.1) is 0 Å². The Hall–Kier alpha value is -2.04. The van der Waals surface area contributed by atoms with Crippen LogP contribution in [0.5, 0.6) is 0 Å². The van der Waals surface area contributed by atoms with Crippen LogP contribution in [0.3, 0.4) is 0 Å². The minimum absolute atomic E-state index is 0.0194. The van der Waals surface area contributed by atoms with E-state index in [-0.39, 0.29) is 27.9 Å². The van der Waals surface area contributed by atoms with Crippen LogP contribution >= 0.6 is 11.6 Å². The first kappa shape index (κ1) is 21.7. The van der Waals surface area contributed by atoms with Crippen LogP contribution in [0.15, 0.2) is 35.5 Å². The molecule has 1 aliphatic rings. The zero-order valence-electron chi connectivity index (χ0n) is 15.8. The minimum atomic E-state index is -3.83. The molecule has 3 rings (SSSR count). The van der Waals surface area contributed by atoms with Crippen LogP contribution < -0.4 is 0 Å². The molecule has 158 valence electrons. The summed E-state index contributed by atoms with van der Waals surface area (Å²) >= 11 is 6.13. The molecular formula is C18H21ClF2N4O3S. The molecule has 0 atom stereocenters. The Morgan fingerprint density at radius 1 is 1.28 bits per heavy atom. The Morgan fingerprint density at radius 2 is 1.97 bits per heavy atom. The van der Waals surface area contributed by atoms with Gasteiger partial charge >= 0.3 is 6.55 Å². The summed E-state index contributed by atoms with van der Waals surface area (Å²) in [6.07, 6.45) is 4.87. The number of halogens is 3. The van der Waals surface area contributed by atoms with Crippen molar-refractivity contribution in [1.82, 2.24) is 18.8 Å². The molecule has 0 N–H and O–H groups in total. The summed E-state index contributed by atoms with van der Waals surface area (Å²) in [5.41, 5.74) is 0.0997. The van der Waals surface area contributed by atoms with Crippen molar-refractivity contribution in [1.29, 1.82) is 0 Å². The topological polar surface area (TPSA) is 75.5 Å². The van der Waals surface area contributed by atoms with Gasteiger partial charge in [-0.1, -0.05) is 18.0 Å². The van der Waals surface area contributed by atoms with Gasteiger partial charge in [-0.05, 0) is 31.0 Å². The van der Waals surface area contributed by atoms with Gasteiger partial charge in [0.1, 0.15) is 10.7 Å². The number of imidazole rings is 1. The van der Waals surface area contributed by atoms with Crippen molar-refractivity contribution in [2.24, 2.45) is 0 Å². The van der Waals surface area contributed by atoms with Gasteiger partial charge in [0, 0.05) is 38.1 Å². The minimum Gasteiger partial charge on any atom is -0.334 e. The number of benzene rings is 1. The molecule has 0 bridgehead atoms. The second-order valence-electron chi connectivity index (χ2n) is 6.80. The lowest BCUT2D eigenvalue weighted by Crippen LogP contribution is -2.36. The molecule has 7 nitrogen and oxygen atoms in total.